The number of hydrogen-bond donors (Lipinski definition) is 3. The van der Waals surface area contributed by atoms with Crippen LogP contribution in [0, 0.1) is 6.92 Å². The second kappa shape index (κ2) is 10.1. The highest BCUT2D eigenvalue weighted by atomic mass is 16.5. The molecule has 0 radical (unpaired) electrons. The van der Waals surface area contributed by atoms with Gasteiger partial charge in [-0.2, -0.15) is 0 Å². The number of imidazole rings is 1. The largest absolute Gasteiger partial charge is 0.497 e. The standard InChI is InChI=1S/C25H25N5O5/c1-4-9-26-24(32)18-13-30(12-17-6-5-15(2)35-17)14-19(23(18)31)25(33)27-11-22-28-20-8-7-16(34-3)10-21(20)29-22/h4-8,10,13-14H,1,9,11-12H2,2-3H3,(H,26,32)(H,27,33)(H,28,29). The number of aromatic nitrogens is 3. The fourth-order valence-electron chi connectivity index (χ4n) is 3.57. The maximum atomic E-state index is 13.0. The number of carbonyl (C=O) groups excluding carboxylic acids is 2. The first-order valence-corrected chi connectivity index (χ1v) is 10.9. The van der Waals surface area contributed by atoms with Crippen LogP contribution in [-0.4, -0.2) is 40.0 Å². The van der Waals surface area contributed by atoms with E-state index in [0.717, 1.165) is 11.3 Å². The molecule has 3 aromatic heterocycles. The zero-order chi connectivity index (χ0) is 24.9. The van der Waals surface area contributed by atoms with E-state index in [4.69, 9.17) is 9.15 Å². The van der Waals surface area contributed by atoms with Crippen molar-refractivity contribution in [3.63, 3.8) is 0 Å². The summed E-state index contributed by atoms with van der Waals surface area (Å²) < 4.78 is 12.4. The first kappa shape index (κ1) is 23.6. The molecule has 0 saturated heterocycles. The van der Waals surface area contributed by atoms with Crippen LogP contribution in [0.15, 0.2) is 64.6 Å². The first-order chi connectivity index (χ1) is 16.9. The van der Waals surface area contributed by atoms with Gasteiger partial charge >= 0.3 is 0 Å². The summed E-state index contributed by atoms with van der Waals surface area (Å²) in [4.78, 5) is 46.2. The average Bonchev–Trinajstić information content (AvgIpc) is 3.46. The summed E-state index contributed by atoms with van der Waals surface area (Å²) in [7, 11) is 1.57. The van der Waals surface area contributed by atoms with E-state index in [1.54, 1.807) is 35.9 Å². The molecule has 10 heteroatoms. The number of nitrogens with zero attached hydrogens (tertiary/aromatic N) is 2. The third-order valence-electron chi connectivity index (χ3n) is 5.26. The van der Waals surface area contributed by atoms with Crippen molar-refractivity contribution in [1.82, 2.24) is 25.2 Å². The molecule has 180 valence electrons. The number of ether oxygens (including phenoxy) is 1. The van der Waals surface area contributed by atoms with Gasteiger partial charge in [-0.25, -0.2) is 4.98 Å². The fraction of sp³-hybridized carbons (Fsp3) is 0.200. The Balaban J connectivity index is 1.60. The van der Waals surface area contributed by atoms with E-state index in [0.29, 0.717) is 22.9 Å². The number of hydrogen-bond acceptors (Lipinski definition) is 6. The Morgan fingerprint density at radius 1 is 1.17 bits per heavy atom. The van der Waals surface area contributed by atoms with Crippen LogP contribution < -0.4 is 20.8 Å². The number of amides is 2. The molecule has 1 aromatic carbocycles. The average molecular weight is 476 g/mol. The van der Waals surface area contributed by atoms with E-state index < -0.39 is 17.2 Å². The number of furan rings is 1. The number of H-pyrrole nitrogens is 1. The minimum Gasteiger partial charge on any atom is -0.497 e. The van der Waals surface area contributed by atoms with Crippen LogP contribution in [0.25, 0.3) is 11.0 Å². The number of carbonyl (C=O) groups is 2. The van der Waals surface area contributed by atoms with E-state index in [9.17, 15) is 14.4 Å². The lowest BCUT2D eigenvalue weighted by molar-refractivity contribution is 0.0947. The van der Waals surface area contributed by atoms with E-state index in [2.05, 4.69) is 27.2 Å². The summed E-state index contributed by atoms with van der Waals surface area (Å²) in [6.07, 6.45) is 4.31. The van der Waals surface area contributed by atoms with Gasteiger partial charge in [0.25, 0.3) is 11.8 Å². The van der Waals surface area contributed by atoms with Crippen LogP contribution in [-0.2, 0) is 13.1 Å². The van der Waals surface area contributed by atoms with Crippen LogP contribution in [0.3, 0.4) is 0 Å². The van der Waals surface area contributed by atoms with Crippen LogP contribution in [0.4, 0.5) is 0 Å². The Labute approximate surface area is 200 Å². The molecule has 0 fully saturated rings. The molecule has 0 saturated carbocycles. The monoisotopic (exact) mass is 475 g/mol. The molecule has 4 aromatic rings. The van der Waals surface area contributed by atoms with Crippen molar-refractivity contribution in [2.45, 2.75) is 20.0 Å². The minimum atomic E-state index is -0.676. The predicted molar refractivity (Wildman–Crippen MR) is 130 cm³/mol. The third-order valence-corrected chi connectivity index (χ3v) is 5.26. The van der Waals surface area contributed by atoms with Crippen LogP contribution in [0.2, 0.25) is 0 Å². The molecule has 0 aliphatic heterocycles. The Kier molecular flexibility index (Phi) is 6.81. The Bertz CT molecular complexity index is 1460. The van der Waals surface area contributed by atoms with Crippen LogP contribution in [0.1, 0.15) is 38.1 Å². The molecule has 4 rings (SSSR count). The maximum absolute atomic E-state index is 13.0. The van der Waals surface area contributed by atoms with Gasteiger partial charge in [-0.3, -0.25) is 14.4 Å². The molecule has 0 unspecified atom stereocenters. The van der Waals surface area contributed by atoms with E-state index in [-0.39, 0.29) is 30.8 Å². The van der Waals surface area contributed by atoms with Gasteiger partial charge in [-0.15, -0.1) is 6.58 Å². The maximum Gasteiger partial charge on any atom is 0.257 e. The number of methoxy groups -OCH3 is 1. The summed E-state index contributed by atoms with van der Waals surface area (Å²) >= 11 is 0. The number of aromatic amines is 1. The van der Waals surface area contributed by atoms with Gasteiger partial charge < -0.3 is 29.3 Å². The summed E-state index contributed by atoms with van der Waals surface area (Å²) in [5.41, 5.74) is 0.471. The third kappa shape index (κ3) is 5.32. The molecule has 0 aliphatic rings. The van der Waals surface area contributed by atoms with E-state index in [1.165, 1.54) is 18.5 Å². The van der Waals surface area contributed by atoms with Crippen molar-refractivity contribution < 1.29 is 18.7 Å². The number of rotatable bonds is 9. The van der Waals surface area contributed by atoms with Crippen molar-refractivity contribution >= 4 is 22.8 Å². The molecule has 10 nitrogen and oxygen atoms in total. The van der Waals surface area contributed by atoms with Gasteiger partial charge in [-0.1, -0.05) is 6.08 Å². The summed E-state index contributed by atoms with van der Waals surface area (Å²) in [5.74, 6) is 1.30. The topological polar surface area (TPSA) is 131 Å². The smallest absolute Gasteiger partial charge is 0.257 e. The number of aryl methyl sites for hydroxylation is 1. The molecule has 2 amide bonds. The van der Waals surface area contributed by atoms with Gasteiger partial charge in [0.05, 0.1) is 31.2 Å². The van der Waals surface area contributed by atoms with Gasteiger partial charge in [0.2, 0.25) is 5.43 Å². The Morgan fingerprint density at radius 2 is 1.91 bits per heavy atom. The number of pyridine rings is 1. The minimum absolute atomic E-state index is 0.0551. The highest BCUT2D eigenvalue weighted by Crippen LogP contribution is 2.18. The molecule has 0 bridgehead atoms. The molecule has 3 N–H and O–H groups in total. The van der Waals surface area contributed by atoms with Gasteiger partial charge in [0.15, 0.2) is 0 Å². The lowest BCUT2D eigenvalue weighted by Crippen LogP contribution is -2.35. The lowest BCUT2D eigenvalue weighted by atomic mass is 10.1. The van der Waals surface area contributed by atoms with Gasteiger partial charge in [0.1, 0.15) is 34.2 Å². The van der Waals surface area contributed by atoms with Crippen molar-refractivity contribution in [2.75, 3.05) is 13.7 Å². The molecule has 35 heavy (non-hydrogen) atoms. The highest BCUT2D eigenvalue weighted by Gasteiger charge is 2.20. The fourth-order valence-corrected chi connectivity index (χ4v) is 3.57. The first-order valence-electron chi connectivity index (χ1n) is 10.9. The zero-order valence-electron chi connectivity index (χ0n) is 19.4. The summed E-state index contributed by atoms with van der Waals surface area (Å²) in [5, 5.41) is 5.28. The van der Waals surface area contributed by atoms with Crippen LogP contribution >= 0.6 is 0 Å². The molecule has 0 spiro atoms. The van der Waals surface area contributed by atoms with E-state index >= 15 is 0 Å². The predicted octanol–water partition coefficient (Wildman–Crippen LogP) is 2.53. The Hall–Kier alpha value is -4.60. The van der Waals surface area contributed by atoms with Gasteiger partial charge in [-0.05, 0) is 31.2 Å². The van der Waals surface area contributed by atoms with Crippen molar-refractivity contribution in [2.24, 2.45) is 0 Å². The SMILES string of the molecule is C=CCNC(=O)c1cn(Cc2ccc(C)o2)cc(C(=O)NCc2nc3ccc(OC)cc3[nH]2)c1=O. The quantitative estimate of drug-likeness (QED) is 0.319. The summed E-state index contributed by atoms with van der Waals surface area (Å²) in [6.45, 7) is 5.85. The lowest BCUT2D eigenvalue weighted by Gasteiger charge is -2.11. The molecular formula is C25H25N5O5. The van der Waals surface area contributed by atoms with E-state index in [1.807, 2.05) is 13.0 Å². The molecule has 3 heterocycles. The number of fused-ring (bicyclic) bond motifs is 1. The molecule has 0 aliphatic carbocycles. The number of benzene rings is 1. The Morgan fingerprint density at radius 3 is 2.57 bits per heavy atom. The second-order valence-electron chi connectivity index (χ2n) is 7.85. The van der Waals surface area contributed by atoms with Crippen LogP contribution in [0.5, 0.6) is 5.75 Å². The second-order valence-corrected chi connectivity index (χ2v) is 7.85. The van der Waals surface area contributed by atoms with Gasteiger partial charge in [0, 0.05) is 25.0 Å². The summed E-state index contributed by atoms with van der Waals surface area (Å²) in [6, 6.07) is 9.00. The molecular weight excluding hydrogens is 450 g/mol. The normalized spacial score (nSPS) is 10.8. The van der Waals surface area contributed by atoms with Crippen molar-refractivity contribution in [1.29, 1.82) is 0 Å². The zero-order valence-corrected chi connectivity index (χ0v) is 19.4. The van der Waals surface area contributed by atoms with Crippen molar-refractivity contribution in [3.05, 3.63) is 94.1 Å². The molecule has 0 atom stereocenters. The van der Waals surface area contributed by atoms with Crippen molar-refractivity contribution in [3.8, 4) is 5.75 Å². The number of nitrogens with one attached hydrogen (secondary N) is 3. The highest BCUT2D eigenvalue weighted by molar-refractivity contribution is 5.99.